The third-order valence-corrected chi connectivity index (χ3v) is 2.18. The highest BCUT2D eigenvalue weighted by Crippen LogP contribution is 2.11. The van der Waals surface area contributed by atoms with Crippen molar-refractivity contribution in [3.05, 3.63) is 47.0 Å². The van der Waals surface area contributed by atoms with E-state index in [4.69, 9.17) is 10.00 Å². The molecule has 0 aliphatic carbocycles. The predicted octanol–water partition coefficient (Wildman–Crippen LogP) is 2.96. The summed E-state index contributed by atoms with van der Waals surface area (Å²) < 4.78 is 5.44. The monoisotopic (exact) mass is 201 g/mol. The van der Waals surface area contributed by atoms with Crippen LogP contribution in [0.15, 0.2) is 30.4 Å². The summed E-state index contributed by atoms with van der Waals surface area (Å²) in [6.07, 6.45) is 3.94. The van der Waals surface area contributed by atoms with E-state index in [1.54, 1.807) is 0 Å². The summed E-state index contributed by atoms with van der Waals surface area (Å²) >= 11 is 0. The second-order valence-corrected chi connectivity index (χ2v) is 3.34. The maximum absolute atomic E-state index is 8.71. The van der Waals surface area contributed by atoms with Gasteiger partial charge in [0.25, 0.3) is 0 Å². The van der Waals surface area contributed by atoms with Gasteiger partial charge in [0.05, 0.1) is 24.8 Å². The first-order valence-electron chi connectivity index (χ1n) is 4.96. The van der Waals surface area contributed by atoms with E-state index in [2.05, 4.69) is 6.07 Å². The molecule has 0 atom stereocenters. The van der Waals surface area contributed by atoms with Gasteiger partial charge in [0.1, 0.15) is 0 Å². The predicted molar refractivity (Wildman–Crippen MR) is 60.4 cm³/mol. The van der Waals surface area contributed by atoms with E-state index >= 15 is 0 Å². The van der Waals surface area contributed by atoms with Crippen LogP contribution in [0.5, 0.6) is 0 Å². The molecule has 1 rings (SSSR count). The summed E-state index contributed by atoms with van der Waals surface area (Å²) in [4.78, 5) is 0. The molecule has 0 aliphatic heterocycles. The third-order valence-electron chi connectivity index (χ3n) is 2.18. The van der Waals surface area contributed by atoms with E-state index in [-0.39, 0.29) is 0 Å². The zero-order chi connectivity index (χ0) is 11.1. The molecule has 0 unspecified atom stereocenters. The molecule has 1 aromatic rings. The molecule has 0 heterocycles. The van der Waals surface area contributed by atoms with Crippen molar-refractivity contribution in [2.45, 2.75) is 20.5 Å². The highest BCUT2D eigenvalue weighted by atomic mass is 16.5. The van der Waals surface area contributed by atoms with Crippen LogP contribution < -0.4 is 0 Å². The minimum Gasteiger partial charge on any atom is -0.373 e. The Balaban J connectivity index is 2.59. The quantitative estimate of drug-likeness (QED) is 0.554. The topological polar surface area (TPSA) is 33.0 Å². The van der Waals surface area contributed by atoms with Gasteiger partial charge < -0.3 is 4.74 Å². The molecule has 78 valence electrons. The average molecular weight is 201 g/mol. The van der Waals surface area contributed by atoms with Gasteiger partial charge in [0, 0.05) is 0 Å². The van der Waals surface area contributed by atoms with E-state index in [1.807, 2.05) is 44.2 Å². The number of nitrogens with zero attached hydrogens (tertiary/aromatic N) is 1. The van der Waals surface area contributed by atoms with Crippen LogP contribution in [-0.2, 0) is 11.3 Å². The van der Waals surface area contributed by atoms with Crippen molar-refractivity contribution < 1.29 is 4.74 Å². The van der Waals surface area contributed by atoms with Crippen molar-refractivity contribution in [3.8, 4) is 6.07 Å². The van der Waals surface area contributed by atoms with E-state index in [0.717, 1.165) is 11.1 Å². The highest BCUT2D eigenvalue weighted by molar-refractivity contribution is 5.37. The maximum atomic E-state index is 8.71. The van der Waals surface area contributed by atoms with Crippen molar-refractivity contribution in [2.75, 3.05) is 6.61 Å². The van der Waals surface area contributed by atoms with Crippen molar-refractivity contribution in [1.29, 1.82) is 5.26 Å². The van der Waals surface area contributed by atoms with Gasteiger partial charge >= 0.3 is 0 Å². The second kappa shape index (κ2) is 6.00. The van der Waals surface area contributed by atoms with Gasteiger partial charge in [0.2, 0.25) is 0 Å². The fourth-order valence-corrected chi connectivity index (χ4v) is 1.26. The van der Waals surface area contributed by atoms with Crippen LogP contribution in [0.1, 0.15) is 23.6 Å². The van der Waals surface area contributed by atoms with Crippen LogP contribution >= 0.6 is 0 Å². The summed E-state index contributed by atoms with van der Waals surface area (Å²) in [5.41, 5.74) is 2.94. The number of aryl methyl sites for hydroxylation is 1. The molecule has 0 spiro atoms. The molecule has 0 saturated heterocycles. The number of allylic oxidation sites excluding steroid dienone is 1. The Morgan fingerprint density at radius 3 is 2.87 bits per heavy atom. The average Bonchev–Trinajstić information content (AvgIpc) is 2.26. The molecule has 0 fully saturated rings. The molecule has 0 aromatic heterocycles. The smallest absolute Gasteiger partial charge is 0.0991 e. The Labute approximate surface area is 90.8 Å². The molecule has 2 heteroatoms. The molecule has 1 aromatic carbocycles. The highest BCUT2D eigenvalue weighted by Gasteiger charge is 1.99. The number of rotatable bonds is 4. The first kappa shape index (κ1) is 11.5. The van der Waals surface area contributed by atoms with Crippen LogP contribution in [0.4, 0.5) is 0 Å². The van der Waals surface area contributed by atoms with Crippen LogP contribution in [-0.4, -0.2) is 6.61 Å². The molecule has 15 heavy (non-hydrogen) atoms. The Kier molecular flexibility index (Phi) is 4.59. The maximum Gasteiger partial charge on any atom is 0.0991 e. The number of benzene rings is 1. The number of nitriles is 1. The van der Waals surface area contributed by atoms with Crippen molar-refractivity contribution in [2.24, 2.45) is 0 Å². The Bertz CT molecular complexity index is 388. The largest absolute Gasteiger partial charge is 0.373 e. The van der Waals surface area contributed by atoms with E-state index < -0.39 is 0 Å². The SMILES string of the molecule is C/C=C/COCc1ccc(C#N)cc1C. The fraction of sp³-hybridized carbons (Fsp3) is 0.308. The van der Waals surface area contributed by atoms with Gasteiger partial charge in [0.15, 0.2) is 0 Å². The first-order chi connectivity index (χ1) is 7.27. The lowest BCUT2D eigenvalue weighted by Crippen LogP contribution is -1.95. The number of hydrogen-bond acceptors (Lipinski definition) is 2. The standard InChI is InChI=1S/C13H15NO/c1-3-4-7-15-10-13-6-5-12(9-14)8-11(13)2/h3-6,8H,7,10H2,1-2H3/b4-3+. The zero-order valence-electron chi connectivity index (χ0n) is 9.16. The second-order valence-electron chi connectivity index (χ2n) is 3.34. The van der Waals surface area contributed by atoms with Gasteiger partial charge in [-0.15, -0.1) is 0 Å². The van der Waals surface area contributed by atoms with Gasteiger partial charge in [-0.2, -0.15) is 5.26 Å². The van der Waals surface area contributed by atoms with Gasteiger partial charge in [-0.1, -0.05) is 18.2 Å². The summed E-state index contributed by atoms with van der Waals surface area (Å²) in [7, 11) is 0. The van der Waals surface area contributed by atoms with E-state index in [9.17, 15) is 0 Å². The Morgan fingerprint density at radius 1 is 1.47 bits per heavy atom. The molecule has 0 aliphatic rings. The minimum atomic E-state index is 0.599. The van der Waals surface area contributed by atoms with Crippen LogP contribution in [0, 0.1) is 18.3 Å². The first-order valence-corrected chi connectivity index (χ1v) is 4.96. The number of hydrogen-bond donors (Lipinski definition) is 0. The molecule has 2 nitrogen and oxygen atoms in total. The third kappa shape index (κ3) is 3.57. The van der Waals surface area contributed by atoms with Crippen molar-refractivity contribution >= 4 is 0 Å². The Hall–Kier alpha value is -1.59. The van der Waals surface area contributed by atoms with E-state index in [1.165, 1.54) is 0 Å². The normalized spacial score (nSPS) is 10.5. The molecular weight excluding hydrogens is 186 g/mol. The zero-order valence-corrected chi connectivity index (χ0v) is 9.16. The van der Waals surface area contributed by atoms with Crippen molar-refractivity contribution in [1.82, 2.24) is 0 Å². The lowest BCUT2D eigenvalue weighted by atomic mass is 10.1. The van der Waals surface area contributed by atoms with Gasteiger partial charge in [-0.3, -0.25) is 0 Å². The molecule has 0 bridgehead atoms. The molecule has 0 saturated carbocycles. The Morgan fingerprint density at radius 2 is 2.27 bits per heavy atom. The summed E-state index contributed by atoms with van der Waals surface area (Å²) in [6.45, 7) is 5.20. The van der Waals surface area contributed by atoms with Crippen LogP contribution in [0.2, 0.25) is 0 Å². The number of ether oxygens (including phenoxy) is 1. The lowest BCUT2D eigenvalue weighted by molar-refractivity contribution is 0.148. The lowest BCUT2D eigenvalue weighted by Gasteiger charge is -2.05. The molecular formula is C13H15NO. The summed E-state index contributed by atoms with van der Waals surface area (Å²) in [5.74, 6) is 0. The van der Waals surface area contributed by atoms with Gasteiger partial charge in [-0.25, -0.2) is 0 Å². The van der Waals surface area contributed by atoms with E-state index in [0.29, 0.717) is 18.8 Å². The van der Waals surface area contributed by atoms with Gasteiger partial charge in [-0.05, 0) is 37.1 Å². The summed E-state index contributed by atoms with van der Waals surface area (Å²) in [6, 6.07) is 7.77. The molecule has 0 N–H and O–H groups in total. The molecule has 0 radical (unpaired) electrons. The minimum absolute atomic E-state index is 0.599. The van der Waals surface area contributed by atoms with Crippen molar-refractivity contribution in [3.63, 3.8) is 0 Å². The summed E-state index contributed by atoms with van der Waals surface area (Å²) in [5, 5.41) is 8.71. The fourth-order valence-electron chi connectivity index (χ4n) is 1.26. The molecule has 0 amide bonds. The van der Waals surface area contributed by atoms with Crippen LogP contribution in [0.25, 0.3) is 0 Å². The van der Waals surface area contributed by atoms with Crippen LogP contribution in [0.3, 0.4) is 0 Å².